The molecule has 1 aromatic heterocycles. The number of aromatic nitrogens is 2. The molecule has 0 aliphatic carbocycles. The molecule has 2 heterocycles. The van der Waals surface area contributed by atoms with Crippen LogP contribution in [0, 0.1) is 0 Å². The molecule has 21 heavy (non-hydrogen) atoms. The van der Waals surface area contributed by atoms with Gasteiger partial charge in [0.05, 0.1) is 0 Å². The SMILES string of the molecule is CC(C)(C)c1nnc(N2CCN(c3ccccc3)CC2)s1. The maximum atomic E-state index is 4.38. The molecule has 0 amide bonds. The van der Waals surface area contributed by atoms with Crippen LogP contribution in [-0.2, 0) is 5.41 Å². The van der Waals surface area contributed by atoms with Gasteiger partial charge in [-0.25, -0.2) is 0 Å². The highest BCUT2D eigenvalue weighted by molar-refractivity contribution is 7.15. The van der Waals surface area contributed by atoms with Crippen LogP contribution in [-0.4, -0.2) is 36.4 Å². The van der Waals surface area contributed by atoms with Crippen molar-refractivity contribution in [1.82, 2.24) is 10.2 Å². The van der Waals surface area contributed by atoms with Crippen LogP contribution >= 0.6 is 11.3 Å². The summed E-state index contributed by atoms with van der Waals surface area (Å²) in [5.74, 6) is 0. The van der Waals surface area contributed by atoms with Gasteiger partial charge in [-0.15, -0.1) is 10.2 Å². The van der Waals surface area contributed by atoms with Gasteiger partial charge in [-0.05, 0) is 12.1 Å². The predicted octanol–water partition coefficient (Wildman–Crippen LogP) is 3.16. The molecule has 1 aliphatic rings. The summed E-state index contributed by atoms with van der Waals surface area (Å²) in [6.07, 6.45) is 0. The van der Waals surface area contributed by atoms with E-state index in [4.69, 9.17) is 0 Å². The largest absolute Gasteiger partial charge is 0.368 e. The number of anilines is 2. The summed E-state index contributed by atoms with van der Waals surface area (Å²) in [5.41, 5.74) is 1.40. The van der Waals surface area contributed by atoms with E-state index in [2.05, 4.69) is 71.1 Å². The maximum Gasteiger partial charge on any atom is 0.208 e. The van der Waals surface area contributed by atoms with Crippen molar-refractivity contribution in [3.63, 3.8) is 0 Å². The van der Waals surface area contributed by atoms with Crippen LogP contribution < -0.4 is 9.80 Å². The van der Waals surface area contributed by atoms with Gasteiger partial charge in [0, 0.05) is 37.3 Å². The van der Waals surface area contributed by atoms with Crippen molar-refractivity contribution in [2.45, 2.75) is 26.2 Å². The molecular formula is C16H22N4S. The fourth-order valence-corrected chi connectivity index (χ4v) is 3.40. The number of rotatable bonds is 2. The standard InChI is InChI=1S/C16H22N4S/c1-16(2,3)14-17-18-15(21-14)20-11-9-19(10-12-20)13-7-5-4-6-8-13/h4-8H,9-12H2,1-3H3. The van der Waals surface area contributed by atoms with Crippen LogP contribution in [0.1, 0.15) is 25.8 Å². The third-order valence-corrected chi connectivity index (χ3v) is 5.14. The molecule has 1 fully saturated rings. The molecule has 1 aliphatic heterocycles. The van der Waals surface area contributed by atoms with Crippen molar-refractivity contribution >= 4 is 22.2 Å². The first kappa shape index (κ1) is 14.3. The number of benzene rings is 1. The van der Waals surface area contributed by atoms with Crippen LogP contribution in [0.4, 0.5) is 10.8 Å². The number of hydrogen-bond donors (Lipinski definition) is 0. The Morgan fingerprint density at radius 2 is 1.52 bits per heavy atom. The Morgan fingerprint density at radius 1 is 0.905 bits per heavy atom. The van der Waals surface area contributed by atoms with Crippen molar-refractivity contribution in [3.05, 3.63) is 35.3 Å². The highest BCUT2D eigenvalue weighted by Gasteiger charge is 2.24. The van der Waals surface area contributed by atoms with Crippen LogP contribution in [0.5, 0.6) is 0 Å². The van der Waals surface area contributed by atoms with E-state index in [-0.39, 0.29) is 5.41 Å². The van der Waals surface area contributed by atoms with E-state index in [1.807, 2.05) is 0 Å². The van der Waals surface area contributed by atoms with E-state index in [0.717, 1.165) is 36.3 Å². The Kier molecular flexibility index (Phi) is 3.85. The highest BCUT2D eigenvalue weighted by Crippen LogP contribution is 2.30. The van der Waals surface area contributed by atoms with Crippen LogP contribution in [0.3, 0.4) is 0 Å². The lowest BCUT2D eigenvalue weighted by atomic mass is 9.98. The third-order valence-electron chi connectivity index (χ3n) is 3.73. The van der Waals surface area contributed by atoms with E-state index in [9.17, 15) is 0 Å². The molecule has 0 radical (unpaired) electrons. The summed E-state index contributed by atoms with van der Waals surface area (Å²) in [7, 11) is 0. The molecule has 4 nitrogen and oxygen atoms in total. The smallest absolute Gasteiger partial charge is 0.208 e. The number of para-hydroxylation sites is 1. The summed E-state index contributed by atoms with van der Waals surface area (Å²) < 4.78 is 0. The van der Waals surface area contributed by atoms with Crippen molar-refractivity contribution in [2.75, 3.05) is 36.0 Å². The second-order valence-electron chi connectivity index (χ2n) is 6.45. The number of nitrogens with zero attached hydrogens (tertiary/aromatic N) is 4. The van der Waals surface area contributed by atoms with Crippen molar-refractivity contribution in [1.29, 1.82) is 0 Å². The van der Waals surface area contributed by atoms with E-state index in [1.54, 1.807) is 11.3 Å². The van der Waals surface area contributed by atoms with E-state index in [0.29, 0.717) is 0 Å². The van der Waals surface area contributed by atoms with E-state index < -0.39 is 0 Å². The Bertz CT molecular complexity index is 580. The zero-order valence-corrected chi connectivity index (χ0v) is 13.7. The van der Waals surface area contributed by atoms with Gasteiger partial charge in [-0.3, -0.25) is 0 Å². The van der Waals surface area contributed by atoms with Gasteiger partial charge in [0.15, 0.2) is 0 Å². The molecule has 0 saturated carbocycles. The average molecular weight is 302 g/mol. The fourth-order valence-electron chi connectivity index (χ4n) is 2.44. The Labute approximate surface area is 130 Å². The molecular weight excluding hydrogens is 280 g/mol. The van der Waals surface area contributed by atoms with Gasteiger partial charge in [0.1, 0.15) is 5.01 Å². The minimum Gasteiger partial charge on any atom is -0.368 e. The lowest BCUT2D eigenvalue weighted by Crippen LogP contribution is -2.46. The Morgan fingerprint density at radius 3 is 2.10 bits per heavy atom. The van der Waals surface area contributed by atoms with Crippen molar-refractivity contribution in [3.8, 4) is 0 Å². The number of hydrogen-bond acceptors (Lipinski definition) is 5. The first-order valence-electron chi connectivity index (χ1n) is 7.43. The molecule has 1 aromatic carbocycles. The summed E-state index contributed by atoms with van der Waals surface area (Å²) in [4.78, 5) is 4.79. The minimum atomic E-state index is 0.0851. The minimum absolute atomic E-state index is 0.0851. The Hall–Kier alpha value is -1.62. The summed E-state index contributed by atoms with van der Waals surface area (Å²) in [5, 5.41) is 10.9. The van der Waals surface area contributed by atoms with Gasteiger partial charge in [-0.2, -0.15) is 0 Å². The first-order chi connectivity index (χ1) is 10.0. The maximum absolute atomic E-state index is 4.38. The lowest BCUT2D eigenvalue weighted by Gasteiger charge is -2.35. The van der Waals surface area contributed by atoms with Crippen LogP contribution in [0.2, 0.25) is 0 Å². The summed E-state index contributed by atoms with van der Waals surface area (Å²) >= 11 is 1.73. The zero-order chi connectivity index (χ0) is 14.9. The van der Waals surface area contributed by atoms with Crippen LogP contribution in [0.15, 0.2) is 30.3 Å². The quantitative estimate of drug-likeness (QED) is 0.853. The normalized spacial score (nSPS) is 16.3. The number of piperazine rings is 1. The topological polar surface area (TPSA) is 32.3 Å². The predicted molar refractivity (Wildman–Crippen MR) is 89.5 cm³/mol. The lowest BCUT2D eigenvalue weighted by molar-refractivity contribution is 0.577. The van der Waals surface area contributed by atoms with E-state index >= 15 is 0 Å². The van der Waals surface area contributed by atoms with Gasteiger partial charge >= 0.3 is 0 Å². The molecule has 1 saturated heterocycles. The molecule has 0 atom stereocenters. The van der Waals surface area contributed by atoms with Gasteiger partial charge in [-0.1, -0.05) is 50.3 Å². The summed E-state index contributed by atoms with van der Waals surface area (Å²) in [6.45, 7) is 10.6. The molecule has 0 spiro atoms. The summed E-state index contributed by atoms with van der Waals surface area (Å²) in [6, 6.07) is 10.6. The average Bonchev–Trinajstić information content (AvgIpc) is 2.98. The van der Waals surface area contributed by atoms with Crippen molar-refractivity contribution < 1.29 is 0 Å². The molecule has 112 valence electrons. The molecule has 0 unspecified atom stereocenters. The highest BCUT2D eigenvalue weighted by atomic mass is 32.1. The third kappa shape index (κ3) is 3.18. The second-order valence-corrected chi connectivity index (χ2v) is 7.41. The first-order valence-corrected chi connectivity index (χ1v) is 8.24. The molecule has 0 N–H and O–H groups in total. The van der Waals surface area contributed by atoms with Gasteiger partial charge in [0.2, 0.25) is 5.13 Å². The van der Waals surface area contributed by atoms with Gasteiger partial charge in [0.25, 0.3) is 0 Å². The molecule has 2 aromatic rings. The van der Waals surface area contributed by atoms with Gasteiger partial charge < -0.3 is 9.80 Å². The van der Waals surface area contributed by atoms with Crippen molar-refractivity contribution in [2.24, 2.45) is 0 Å². The molecule has 3 rings (SSSR count). The Balaban J connectivity index is 1.65. The molecule has 5 heteroatoms. The monoisotopic (exact) mass is 302 g/mol. The second kappa shape index (κ2) is 5.64. The van der Waals surface area contributed by atoms with Crippen LogP contribution in [0.25, 0.3) is 0 Å². The zero-order valence-electron chi connectivity index (χ0n) is 12.9. The van der Waals surface area contributed by atoms with E-state index in [1.165, 1.54) is 5.69 Å². The fraction of sp³-hybridized carbons (Fsp3) is 0.500. The molecule has 0 bridgehead atoms.